The maximum Gasteiger partial charge on any atom is 0.354 e. The minimum Gasteiger partial charge on any atom is -0.473 e. The molecule has 2 rings (SSSR count). The standard InChI is InChI=1S/C12H10N2O3/c1-16-12(15)9(6-13)11-14-10-5-3-2-4-8(10)7-17-11/h2-5,14H,7H2,1H3/b11-9+. The first-order valence-electron chi connectivity index (χ1n) is 4.96. The number of para-hydroxylation sites is 1. The highest BCUT2D eigenvalue weighted by Crippen LogP contribution is 2.25. The number of rotatable bonds is 1. The van der Waals surface area contributed by atoms with E-state index >= 15 is 0 Å². The lowest BCUT2D eigenvalue weighted by atomic mass is 10.1. The number of methoxy groups -OCH3 is 1. The molecule has 1 heterocycles. The van der Waals surface area contributed by atoms with Crippen molar-refractivity contribution in [3.63, 3.8) is 0 Å². The first-order valence-corrected chi connectivity index (χ1v) is 4.96. The summed E-state index contributed by atoms with van der Waals surface area (Å²) in [6.07, 6.45) is 0. The van der Waals surface area contributed by atoms with E-state index in [4.69, 9.17) is 10.00 Å². The van der Waals surface area contributed by atoms with Gasteiger partial charge in [0.05, 0.1) is 7.11 Å². The molecule has 1 aliphatic rings. The lowest BCUT2D eigenvalue weighted by molar-refractivity contribution is -0.135. The van der Waals surface area contributed by atoms with E-state index in [1.54, 1.807) is 6.07 Å². The van der Waals surface area contributed by atoms with Gasteiger partial charge in [0, 0.05) is 11.3 Å². The summed E-state index contributed by atoms with van der Waals surface area (Å²) in [7, 11) is 1.22. The molecule has 0 radical (unpaired) electrons. The summed E-state index contributed by atoms with van der Waals surface area (Å²) in [6.45, 7) is 0.320. The van der Waals surface area contributed by atoms with E-state index in [0.717, 1.165) is 11.3 Å². The largest absolute Gasteiger partial charge is 0.473 e. The number of carbonyl (C=O) groups excluding carboxylic acids is 1. The maximum absolute atomic E-state index is 11.3. The van der Waals surface area contributed by atoms with Crippen LogP contribution in [0.25, 0.3) is 0 Å². The minimum atomic E-state index is -0.714. The van der Waals surface area contributed by atoms with Crippen LogP contribution in [-0.4, -0.2) is 13.1 Å². The number of esters is 1. The van der Waals surface area contributed by atoms with Crippen molar-refractivity contribution in [1.29, 1.82) is 5.26 Å². The molecule has 1 aromatic carbocycles. The molecule has 1 N–H and O–H groups in total. The molecule has 0 unspecified atom stereocenters. The number of hydrogen-bond donors (Lipinski definition) is 1. The van der Waals surface area contributed by atoms with E-state index in [1.807, 2.05) is 24.3 Å². The van der Waals surface area contributed by atoms with Crippen LogP contribution < -0.4 is 5.32 Å². The molecule has 0 spiro atoms. The number of nitrogens with zero attached hydrogens (tertiary/aromatic N) is 1. The van der Waals surface area contributed by atoms with Gasteiger partial charge in [0.1, 0.15) is 12.7 Å². The number of fused-ring (bicyclic) bond motifs is 1. The van der Waals surface area contributed by atoms with Gasteiger partial charge in [-0.2, -0.15) is 5.26 Å². The Kier molecular flexibility index (Phi) is 2.97. The highest BCUT2D eigenvalue weighted by molar-refractivity contribution is 5.93. The Labute approximate surface area is 98.3 Å². The van der Waals surface area contributed by atoms with Crippen LogP contribution in [0.5, 0.6) is 0 Å². The third kappa shape index (κ3) is 2.06. The SMILES string of the molecule is COC(=O)/C(C#N)=C1\Nc2ccccc2CO1. The Morgan fingerprint density at radius 2 is 2.29 bits per heavy atom. The monoisotopic (exact) mass is 230 g/mol. The fourth-order valence-electron chi connectivity index (χ4n) is 1.50. The highest BCUT2D eigenvalue weighted by Gasteiger charge is 2.21. The number of anilines is 1. The molecule has 86 valence electrons. The van der Waals surface area contributed by atoms with Crippen LogP contribution in [0.3, 0.4) is 0 Å². The molecule has 1 aliphatic heterocycles. The van der Waals surface area contributed by atoms with Crippen LogP contribution in [-0.2, 0) is 20.9 Å². The Bertz CT molecular complexity index is 529. The average molecular weight is 230 g/mol. The molecule has 0 amide bonds. The van der Waals surface area contributed by atoms with Crippen molar-refractivity contribution in [1.82, 2.24) is 0 Å². The van der Waals surface area contributed by atoms with Crippen LogP contribution in [0.4, 0.5) is 5.69 Å². The number of carbonyl (C=O) groups is 1. The zero-order valence-corrected chi connectivity index (χ0v) is 9.19. The van der Waals surface area contributed by atoms with E-state index in [2.05, 4.69) is 10.1 Å². The van der Waals surface area contributed by atoms with Gasteiger partial charge in [-0.15, -0.1) is 0 Å². The summed E-state index contributed by atoms with van der Waals surface area (Å²) >= 11 is 0. The molecule has 5 heteroatoms. The fraction of sp³-hybridized carbons (Fsp3) is 0.167. The van der Waals surface area contributed by atoms with Crippen molar-refractivity contribution in [2.45, 2.75) is 6.61 Å². The predicted molar refractivity (Wildman–Crippen MR) is 59.5 cm³/mol. The van der Waals surface area contributed by atoms with Gasteiger partial charge in [-0.1, -0.05) is 18.2 Å². The molecule has 0 saturated carbocycles. The molecule has 17 heavy (non-hydrogen) atoms. The molecule has 0 atom stereocenters. The summed E-state index contributed by atoms with van der Waals surface area (Å²) in [5.74, 6) is -0.576. The second kappa shape index (κ2) is 4.58. The molecule has 0 saturated heterocycles. The van der Waals surface area contributed by atoms with Gasteiger partial charge in [0.25, 0.3) is 0 Å². The normalized spacial score (nSPS) is 15.8. The third-order valence-corrected chi connectivity index (χ3v) is 2.37. The quantitative estimate of drug-likeness (QED) is 0.450. The van der Waals surface area contributed by atoms with Gasteiger partial charge in [0.15, 0.2) is 5.57 Å². The Balaban J connectivity index is 2.36. The van der Waals surface area contributed by atoms with Crippen LogP contribution in [0.15, 0.2) is 35.7 Å². The molecular formula is C12H10N2O3. The first kappa shape index (κ1) is 11.0. The van der Waals surface area contributed by atoms with Crippen LogP contribution in [0.2, 0.25) is 0 Å². The maximum atomic E-state index is 11.3. The van der Waals surface area contributed by atoms with Crippen molar-refractivity contribution in [2.75, 3.05) is 12.4 Å². The minimum absolute atomic E-state index is 0.137. The van der Waals surface area contributed by atoms with E-state index in [-0.39, 0.29) is 11.5 Å². The van der Waals surface area contributed by atoms with Crippen molar-refractivity contribution in [2.24, 2.45) is 0 Å². The molecule has 0 aromatic heterocycles. The summed E-state index contributed by atoms with van der Waals surface area (Å²) in [5, 5.41) is 11.8. The van der Waals surface area contributed by atoms with Crippen LogP contribution in [0, 0.1) is 11.3 Å². The smallest absolute Gasteiger partial charge is 0.354 e. The Morgan fingerprint density at radius 1 is 1.53 bits per heavy atom. The van der Waals surface area contributed by atoms with Gasteiger partial charge in [-0.05, 0) is 6.07 Å². The fourth-order valence-corrected chi connectivity index (χ4v) is 1.50. The van der Waals surface area contributed by atoms with Crippen molar-refractivity contribution in [3.05, 3.63) is 41.3 Å². The van der Waals surface area contributed by atoms with Crippen LogP contribution >= 0.6 is 0 Å². The highest BCUT2D eigenvalue weighted by atomic mass is 16.5. The average Bonchev–Trinajstić information content (AvgIpc) is 2.39. The molecule has 0 bridgehead atoms. The van der Waals surface area contributed by atoms with E-state index in [9.17, 15) is 4.79 Å². The Morgan fingerprint density at radius 3 is 3.00 bits per heavy atom. The number of benzene rings is 1. The van der Waals surface area contributed by atoms with Gasteiger partial charge >= 0.3 is 5.97 Å². The molecule has 1 aromatic rings. The molecule has 0 fully saturated rings. The lowest BCUT2D eigenvalue weighted by Gasteiger charge is -2.21. The van der Waals surface area contributed by atoms with Crippen LogP contribution in [0.1, 0.15) is 5.56 Å². The number of hydrogen-bond acceptors (Lipinski definition) is 5. The van der Waals surface area contributed by atoms with Gasteiger partial charge in [0.2, 0.25) is 5.88 Å². The third-order valence-electron chi connectivity index (χ3n) is 2.37. The van der Waals surface area contributed by atoms with Crippen molar-refractivity contribution in [3.8, 4) is 6.07 Å². The number of nitriles is 1. The zero-order chi connectivity index (χ0) is 12.3. The summed E-state index contributed by atoms with van der Waals surface area (Å²) in [4.78, 5) is 11.3. The van der Waals surface area contributed by atoms with E-state index in [0.29, 0.717) is 6.61 Å². The van der Waals surface area contributed by atoms with E-state index < -0.39 is 5.97 Å². The second-order valence-corrected chi connectivity index (χ2v) is 3.38. The zero-order valence-electron chi connectivity index (χ0n) is 9.19. The number of ether oxygens (including phenoxy) is 2. The Hall–Kier alpha value is -2.48. The first-order chi connectivity index (χ1) is 8.26. The second-order valence-electron chi connectivity index (χ2n) is 3.38. The summed E-state index contributed by atoms with van der Waals surface area (Å²) in [5.41, 5.74) is 1.63. The summed E-state index contributed by atoms with van der Waals surface area (Å²) < 4.78 is 9.83. The molecular weight excluding hydrogens is 220 g/mol. The molecule has 0 aliphatic carbocycles. The summed E-state index contributed by atoms with van der Waals surface area (Å²) in [6, 6.07) is 9.28. The predicted octanol–water partition coefficient (Wildman–Crippen LogP) is 1.54. The van der Waals surface area contributed by atoms with E-state index in [1.165, 1.54) is 7.11 Å². The van der Waals surface area contributed by atoms with Crippen molar-refractivity contribution >= 4 is 11.7 Å². The topological polar surface area (TPSA) is 71.4 Å². The lowest BCUT2D eigenvalue weighted by Crippen LogP contribution is -2.18. The van der Waals surface area contributed by atoms with Gasteiger partial charge < -0.3 is 14.8 Å². The van der Waals surface area contributed by atoms with Gasteiger partial charge in [-0.25, -0.2) is 4.79 Å². The molecule has 5 nitrogen and oxygen atoms in total. The van der Waals surface area contributed by atoms with Crippen molar-refractivity contribution < 1.29 is 14.3 Å². The number of nitrogens with one attached hydrogen (secondary N) is 1. The van der Waals surface area contributed by atoms with Gasteiger partial charge in [-0.3, -0.25) is 0 Å².